The average Bonchev–Trinajstić information content (AvgIpc) is 2.39. The van der Waals surface area contributed by atoms with Gasteiger partial charge in [-0.3, -0.25) is 0 Å². The Bertz CT molecular complexity index is 471. The summed E-state index contributed by atoms with van der Waals surface area (Å²) in [5, 5.41) is 0. The van der Waals surface area contributed by atoms with Crippen molar-refractivity contribution in [3.05, 3.63) is 0 Å². The smallest absolute Gasteiger partial charge is 0.327 e. The lowest BCUT2D eigenvalue weighted by molar-refractivity contribution is -0.372. The Morgan fingerprint density at radius 3 is 1.00 bits per heavy atom. The standard InChI is InChI=1S/C12H14F8O6/c1-5(2)23-9(13,11(15,16)17)7(21)25-26-8(22)10(14,12(18,19)20)24-6(3)4/h5-6H,1-4H3. The van der Waals surface area contributed by atoms with Crippen LogP contribution in [0.3, 0.4) is 0 Å². The first-order valence-electron chi connectivity index (χ1n) is 6.68. The van der Waals surface area contributed by atoms with Crippen LogP contribution >= 0.6 is 0 Å². The van der Waals surface area contributed by atoms with Crippen molar-refractivity contribution in [3.8, 4) is 0 Å². The second-order valence-electron chi connectivity index (χ2n) is 5.26. The van der Waals surface area contributed by atoms with Gasteiger partial charge in [-0.1, -0.05) is 0 Å². The van der Waals surface area contributed by atoms with Crippen LogP contribution in [0.2, 0.25) is 0 Å². The topological polar surface area (TPSA) is 71.1 Å². The van der Waals surface area contributed by atoms with Crippen LogP contribution in [0.15, 0.2) is 0 Å². The molecule has 0 aromatic carbocycles. The minimum Gasteiger partial charge on any atom is -0.327 e. The summed E-state index contributed by atoms with van der Waals surface area (Å²) in [7, 11) is 0. The second kappa shape index (κ2) is 7.90. The summed E-state index contributed by atoms with van der Waals surface area (Å²) in [6, 6.07) is 0. The van der Waals surface area contributed by atoms with E-state index >= 15 is 0 Å². The van der Waals surface area contributed by atoms with E-state index in [0.29, 0.717) is 0 Å². The van der Waals surface area contributed by atoms with Gasteiger partial charge in [-0.05, 0) is 27.7 Å². The van der Waals surface area contributed by atoms with E-state index in [0.717, 1.165) is 27.7 Å². The van der Waals surface area contributed by atoms with Crippen LogP contribution in [0, 0.1) is 0 Å². The van der Waals surface area contributed by atoms with Crippen molar-refractivity contribution in [2.45, 2.75) is 64.0 Å². The SMILES string of the molecule is CC(C)OC(F)(C(=O)OOC(=O)C(F)(OC(C)C)C(F)(F)F)C(F)(F)F. The normalized spacial score (nSPS) is 17.6. The highest BCUT2D eigenvalue weighted by atomic mass is 19.4. The maximum Gasteiger partial charge on any atom is 0.460 e. The predicted molar refractivity (Wildman–Crippen MR) is 64.4 cm³/mol. The van der Waals surface area contributed by atoms with Crippen molar-refractivity contribution in [1.82, 2.24) is 0 Å². The molecule has 0 saturated heterocycles. The molecule has 26 heavy (non-hydrogen) atoms. The molecule has 0 aliphatic heterocycles. The maximum atomic E-state index is 13.8. The first-order valence-corrected chi connectivity index (χ1v) is 6.68. The van der Waals surface area contributed by atoms with Gasteiger partial charge >= 0.3 is 36.0 Å². The molecule has 0 aromatic rings. The van der Waals surface area contributed by atoms with Crippen LogP contribution in [-0.2, 0) is 28.8 Å². The first-order chi connectivity index (χ1) is 11.4. The maximum absolute atomic E-state index is 13.8. The highest BCUT2D eigenvalue weighted by molar-refractivity contribution is 5.82. The minimum absolute atomic E-state index is 0.881. The van der Waals surface area contributed by atoms with E-state index in [1.54, 1.807) is 0 Å². The van der Waals surface area contributed by atoms with Gasteiger partial charge in [-0.25, -0.2) is 19.4 Å². The largest absolute Gasteiger partial charge is 0.460 e. The average molecular weight is 406 g/mol. The molecular weight excluding hydrogens is 392 g/mol. The van der Waals surface area contributed by atoms with E-state index in [1.807, 2.05) is 0 Å². The molecule has 0 heterocycles. The van der Waals surface area contributed by atoms with E-state index in [9.17, 15) is 44.7 Å². The van der Waals surface area contributed by atoms with Crippen LogP contribution in [-0.4, -0.2) is 48.2 Å². The van der Waals surface area contributed by atoms with Gasteiger partial charge in [0.05, 0.1) is 12.2 Å². The molecule has 2 unspecified atom stereocenters. The molecular formula is C12H14F8O6. The van der Waals surface area contributed by atoms with Crippen molar-refractivity contribution >= 4 is 11.9 Å². The Morgan fingerprint density at radius 1 is 0.615 bits per heavy atom. The number of carbonyl (C=O) groups is 2. The molecule has 14 heteroatoms. The molecule has 0 aliphatic rings. The van der Waals surface area contributed by atoms with Crippen LogP contribution in [0.25, 0.3) is 0 Å². The molecule has 0 radical (unpaired) electrons. The van der Waals surface area contributed by atoms with E-state index < -0.39 is 48.2 Å². The van der Waals surface area contributed by atoms with Gasteiger partial charge in [0.2, 0.25) is 0 Å². The minimum atomic E-state index is -6.05. The monoisotopic (exact) mass is 406 g/mol. The Morgan fingerprint density at radius 2 is 0.846 bits per heavy atom. The molecule has 6 nitrogen and oxygen atoms in total. The van der Waals surface area contributed by atoms with Crippen molar-refractivity contribution < 1.29 is 64.0 Å². The van der Waals surface area contributed by atoms with Crippen LogP contribution in [0.5, 0.6) is 0 Å². The molecule has 0 aromatic heterocycles. The van der Waals surface area contributed by atoms with Gasteiger partial charge in [0, 0.05) is 0 Å². The highest BCUT2D eigenvalue weighted by Crippen LogP contribution is 2.39. The third-order valence-corrected chi connectivity index (χ3v) is 2.24. The van der Waals surface area contributed by atoms with E-state index in [2.05, 4.69) is 19.2 Å². The fourth-order valence-electron chi connectivity index (χ4n) is 1.29. The zero-order chi connectivity index (χ0) is 21.1. The molecule has 0 N–H and O–H groups in total. The summed E-state index contributed by atoms with van der Waals surface area (Å²) < 4.78 is 111. The third-order valence-electron chi connectivity index (χ3n) is 2.24. The zero-order valence-electron chi connectivity index (χ0n) is 13.6. The molecule has 0 bridgehead atoms. The Labute approximate surface area is 141 Å². The van der Waals surface area contributed by atoms with Crippen LogP contribution < -0.4 is 0 Å². The zero-order valence-corrected chi connectivity index (χ0v) is 13.6. The van der Waals surface area contributed by atoms with Crippen molar-refractivity contribution in [2.24, 2.45) is 0 Å². The number of rotatable bonds is 6. The predicted octanol–water partition coefficient (Wildman–Crippen LogP) is 3.29. The summed E-state index contributed by atoms with van der Waals surface area (Å²) in [4.78, 5) is 28.6. The Hall–Kier alpha value is -1.70. The van der Waals surface area contributed by atoms with Crippen molar-refractivity contribution in [3.63, 3.8) is 0 Å². The van der Waals surface area contributed by atoms with E-state index in [1.165, 1.54) is 0 Å². The van der Waals surface area contributed by atoms with Crippen molar-refractivity contribution in [1.29, 1.82) is 0 Å². The van der Waals surface area contributed by atoms with Crippen molar-refractivity contribution in [2.75, 3.05) is 0 Å². The fraction of sp³-hybridized carbons (Fsp3) is 0.833. The molecule has 0 amide bonds. The summed E-state index contributed by atoms with van der Waals surface area (Å²) in [6.45, 7) is 3.52. The quantitative estimate of drug-likeness (QED) is 0.383. The molecule has 0 spiro atoms. The molecule has 2 atom stereocenters. The number of ether oxygens (including phenoxy) is 2. The molecule has 0 aliphatic carbocycles. The third kappa shape index (κ3) is 5.40. The second-order valence-corrected chi connectivity index (χ2v) is 5.26. The van der Waals surface area contributed by atoms with Crippen LogP contribution in [0.4, 0.5) is 35.1 Å². The van der Waals surface area contributed by atoms with Gasteiger partial charge < -0.3 is 9.47 Å². The molecule has 0 saturated carbocycles. The van der Waals surface area contributed by atoms with Gasteiger partial charge in [-0.15, -0.1) is 0 Å². The summed E-state index contributed by atoms with van der Waals surface area (Å²) in [5.41, 5.74) is 0. The summed E-state index contributed by atoms with van der Waals surface area (Å²) in [5.74, 6) is -16.5. The summed E-state index contributed by atoms with van der Waals surface area (Å²) in [6.07, 6.45) is -15.2. The van der Waals surface area contributed by atoms with Gasteiger partial charge in [0.15, 0.2) is 0 Å². The Kier molecular flexibility index (Phi) is 7.38. The van der Waals surface area contributed by atoms with Gasteiger partial charge in [0.25, 0.3) is 0 Å². The summed E-state index contributed by atoms with van der Waals surface area (Å²) >= 11 is 0. The van der Waals surface area contributed by atoms with Gasteiger partial charge in [0.1, 0.15) is 0 Å². The fourth-order valence-corrected chi connectivity index (χ4v) is 1.29. The lowest BCUT2D eigenvalue weighted by atomic mass is 10.3. The number of hydrogen-bond donors (Lipinski definition) is 0. The number of hydrogen-bond acceptors (Lipinski definition) is 6. The van der Waals surface area contributed by atoms with E-state index in [4.69, 9.17) is 0 Å². The first kappa shape index (κ1) is 24.3. The Balaban J connectivity index is 5.42. The van der Waals surface area contributed by atoms with Crippen LogP contribution in [0.1, 0.15) is 27.7 Å². The molecule has 0 fully saturated rings. The lowest BCUT2D eigenvalue weighted by Crippen LogP contribution is -2.55. The van der Waals surface area contributed by atoms with E-state index in [-0.39, 0.29) is 0 Å². The highest BCUT2D eigenvalue weighted by Gasteiger charge is 2.69. The lowest BCUT2D eigenvalue weighted by Gasteiger charge is -2.28. The number of carbonyl (C=O) groups excluding carboxylic acids is 2. The molecule has 0 rings (SSSR count). The number of halogens is 8. The number of alkyl halides is 8. The molecule has 154 valence electrons. The van der Waals surface area contributed by atoms with Gasteiger partial charge in [-0.2, -0.15) is 35.1 Å².